The number of hydrogen-bond donors (Lipinski definition) is 1. The van der Waals surface area contributed by atoms with Crippen LogP contribution in [0, 0.1) is 5.41 Å². The molecule has 1 unspecified atom stereocenters. The van der Waals surface area contributed by atoms with E-state index in [1.807, 2.05) is 18.2 Å². The Morgan fingerprint density at radius 2 is 1.86 bits per heavy atom. The first kappa shape index (κ1) is 19.6. The molecule has 1 spiro atoms. The molecule has 1 atom stereocenters. The topological polar surface area (TPSA) is 38.8 Å². The Kier molecular flexibility index (Phi) is 5.31. The number of carbonyl (C=O) groups is 1. The molecule has 0 aromatic heterocycles. The highest BCUT2D eigenvalue weighted by molar-refractivity contribution is 5.83. The first-order chi connectivity index (χ1) is 13.4. The van der Waals surface area contributed by atoms with Crippen molar-refractivity contribution in [1.82, 2.24) is 15.1 Å². The Morgan fingerprint density at radius 1 is 1.11 bits per heavy atom. The van der Waals surface area contributed by atoms with E-state index >= 15 is 0 Å². The Balaban J connectivity index is 1.54. The number of hydrogen-bond acceptors (Lipinski definition) is 4. The van der Waals surface area contributed by atoms with Crippen molar-refractivity contribution in [1.29, 1.82) is 0 Å². The summed E-state index contributed by atoms with van der Waals surface area (Å²) >= 11 is 0. The van der Waals surface area contributed by atoms with Crippen LogP contribution in [0.5, 0.6) is 0 Å². The molecule has 154 valence electrons. The molecule has 3 aliphatic rings. The first-order valence-corrected chi connectivity index (χ1v) is 10.3. The Bertz CT molecular complexity index is 720. The molecule has 3 fully saturated rings. The van der Waals surface area contributed by atoms with Gasteiger partial charge in [-0.1, -0.05) is 18.2 Å². The number of carbonyl (C=O) groups excluding carboxylic acids is 1. The SMILES string of the molecule is CN1CCN(c2ccccc2CN2CC(F)(F)CC3(CCCNC3=O)C2)CC1. The average molecular weight is 392 g/mol. The molecule has 1 aromatic carbocycles. The molecule has 3 saturated heterocycles. The van der Waals surface area contributed by atoms with Crippen LogP contribution in [0.15, 0.2) is 24.3 Å². The second kappa shape index (κ2) is 7.59. The van der Waals surface area contributed by atoms with Gasteiger partial charge in [-0.3, -0.25) is 9.69 Å². The standard InChI is InChI=1S/C21H30F2N4O/c1-25-9-11-27(12-10-25)18-6-3-2-5-17(18)13-26-15-20(14-21(22,23)16-26)7-4-8-24-19(20)28/h2-3,5-6H,4,7-16H2,1H3,(H,24,28). The highest BCUT2D eigenvalue weighted by atomic mass is 19.3. The van der Waals surface area contributed by atoms with Crippen LogP contribution in [0.4, 0.5) is 14.5 Å². The molecule has 0 aliphatic carbocycles. The summed E-state index contributed by atoms with van der Waals surface area (Å²) in [6.45, 7) is 5.06. The van der Waals surface area contributed by atoms with Crippen LogP contribution in [0.25, 0.3) is 0 Å². The van der Waals surface area contributed by atoms with E-state index in [1.54, 1.807) is 4.90 Å². The normalized spacial score (nSPS) is 29.1. The van der Waals surface area contributed by atoms with E-state index in [0.717, 1.165) is 43.9 Å². The third-order valence-electron chi connectivity index (χ3n) is 6.41. The zero-order valence-corrected chi connectivity index (χ0v) is 16.6. The van der Waals surface area contributed by atoms with Gasteiger partial charge in [0.1, 0.15) is 0 Å². The summed E-state index contributed by atoms with van der Waals surface area (Å²) in [7, 11) is 2.12. The lowest BCUT2D eigenvalue weighted by atomic mass is 9.72. The van der Waals surface area contributed by atoms with Crippen LogP contribution < -0.4 is 10.2 Å². The lowest BCUT2D eigenvalue weighted by Crippen LogP contribution is -2.60. The summed E-state index contributed by atoms with van der Waals surface area (Å²) in [6.07, 6.45) is 0.987. The van der Waals surface area contributed by atoms with E-state index in [1.165, 1.54) is 0 Å². The van der Waals surface area contributed by atoms with E-state index in [0.29, 0.717) is 26.1 Å². The van der Waals surface area contributed by atoms with Gasteiger partial charge in [0.05, 0.1) is 12.0 Å². The number of nitrogens with one attached hydrogen (secondary N) is 1. The molecule has 3 aliphatic heterocycles. The highest BCUT2D eigenvalue weighted by Gasteiger charge is 2.53. The first-order valence-electron chi connectivity index (χ1n) is 10.3. The highest BCUT2D eigenvalue weighted by Crippen LogP contribution is 2.44. The van der Waals surface area contributed by atoms with Gasteiger partial charge in [-0.25, -0.2) is 8.78 Å². The van der Waals surface area contributed by atoms with Gasteiger partial charge in [0.25, 0.3) is 5.92 Å². The van der Waals surface area contributed by atoms with Gasteiger partial charge in [0.2, 0.25) is 5.91 Å². The number of halogens is 2. The monoisotopic (exact) mass is 392 g/mol. The van der Waals surface area contributed by atoms with E-state index in [2.05, 4.69) is 28.2 Å². The minimum absolute atomic E-state index is 0.199. The van der Waals surface area contributed by atoms with Crippen molar-refractivity contribution in [3.05, 3.63) is 29.8 Å². The number of piperidine rings is 2. The van der Waals surface area contributed by atoms with E-state index < -0.39 is 11.3 Å². The molecular weight excluding hydrogens is 362 g/mol. The summed E-state index contributed by atoms with van der Waals surface area (Å²) in [4.78, 5) is 19.0. The lowest BCUT2D eigenvalue weighted by molar-refractivity contribution is -0.158. The van der Waals surface area contributed by atoms with Crippen LogP contribution in [-0.2, 0) is 11.3 Å². The maximum absolute atomic E-state index is 14.6. The molecule has 4 rings (SSSR count). The number of rotatable bonds is 3. The number of amides is 1. The van der Waals surface area contributed by atoms with Crippen LogP contribution in [-0.4, -0.2) is 74.5 Å². The average Bonchev–Trinajstić information content (AvgIpc) is 2.64. The molecule has 0 bridgehead atoms. The van der Waals surface area contributed by atoms with Crippen molar-refractivity contribution in [3.8, 4) is 0 Å². The number of nitrogens with zero attached hydrogens (tertiary/aromatic N) is 3. The van der Waals surface area contributed by atoms with Crippen molar-refractivity contribution in [2.45, 2.75) is 31.7 Å². The van der Waals surface area contributed by atoms with Crippen molar-refractivity contribution < 1.29 is 13.6 Å². The predicted molar refractivity (Wildman–Crippen MR) is 106 cm³/mol. The molecule has 1 N–H and O–H groups in total. The van der Waals surface area contributed by atoms with Gasteiger partial charge in [0.15, 0.2) is 0 Å². The molecule has 28 heavy (non-hydrogen) atoms. The maximum Gasteiger partial charge on any atom is 0.261 e. The lowest BCUT2D eigenvalue weighted by Gasteiger charge is -2.47. The molecule has 1 amide bonds. The quantitative estimate of drug-likeness (QED) is 0.856. The van der Waals surface area contributed by atoms with Gasteiger partial charge in [0, 0.05) is 57.9 Å². The van der Waals surface area contributed by atoms with Gasteiger partial charge < -0.3 is 15.1 Å². The zero-order valence-electron chi connectivity index (χ0n) is 16.6. The zero-order chi connectivity index (χ0) is 19.8. The number of alkyl halides is 2. The van der Waals surface area contributed by atoms with Crippen LogP contribution >= 0.6 is 0 Å². The van der Waals surface area contributed by atoms with E-state index in [9.17, 15) is 13.6 Å². The van der Waals surface area contributed by atoms with Crippen molar-refractivity contribution in [2.75, 3.05) is 57.8 Å². The minimum Gasteiger partial charge on any atom is -0.369 e. The Morgan fingerprint density at radius 3 is 2.61 bits per heavy atom. The summed E-state index contributed by atoms with van der Waals surface area (Å²) in [6, 6.07) is 8.11. The second-order valence-electron chi connectivity index (χ2n) is 8.74. The summed E-state index contributed by atoms with van der Waals surface area (Å²) in [5.41, 5.74) is 1.24. The van der Waals surface area contributed by atoms with Gasteiger partial charge in [-0.2, -0.15) is 0 Å². The summed E-state index contributed by atoms with van der Waals surface area (Å²) < 4.78 is 29.2. The molecular formula is C21H30F2N4O. The molecule has 7 heteroatoms. The number of anilines is 1. The van der Waals surface area contributed by atoms with Crippen LogP contribution in [0.3, 0.4) is 0 Å². The molecule has 0 radical (unpaired) electrons. The smallest absolute Gasteiger partial charge is 0.261 e. The van der Waals surface area contributed by atoms with Gasteiger partial charge in [-0.15, -0.1) is 0 Å². The van der Waals surface area contributed by atoms with Gasteiger partial charge >= 0.3 is 0 Å². The number of likely N-dealkylation sites (tertiary alicyclic amines) is 1. The fourth-order valence-corrected chi connectivity index (χ4v) is 5.02. The molecule has 0 saturated carbocycles. The number of benzene rings is 1. The fourth-order valence-electron chi connectivity index (χ4n) is 5.02. The Hall–Kier alpha value is -1.73. The number of para-hydroxylation sites is 1. The largest absolute Gasteiger partial charge is 0.369 e. The van der Waals surface area contributed by atoms with Crippen molar-refractivity contribution in [3.63, 3.8) is 0 Å². The third-order valence-corrected chi connectivity index (χ3v) is 6.41. The summed E-state index contributed by atoms with van der Waals surface area (Å²) in [5, 5.41) is 2.82. The van der Waals surface area contributed by atoms with Gasteiger partial charge in [-0.05, 0) is 31.5 Å². The molecule has 1 aromatic rings. The van der Waals surface area contributed by atoms with Crippen molar-refractivity contribution >= 4 is 11.6 Å². The molecule has 5 nitrogen and oxygen atoms in total. The second-order valence-corrected chi connectivity index (χ2v) is 8.74. The number of piperazine rings is 1. The number of likely N-dealkylation sites (N-methyl/N-ethyl adjacent to an activating group) is 1. The third kappa shape index (κ3) is 4.01. The maximum atomic E-state index is 14.6. The van der Waals surface area contributed by atoms with Crippen LogP contribution in [0.1, 0.15) is 24.8 Å². The van der Waals surface area contributed by atoms with E-state index in [4.69, 9.17) is 0 Å². The van der Waals surface area contributed by atoms with E-state index in [-0.39, 0.29) is 18.9 Å². The van der Waals surface area contributed by atoms with Crippen LogP contribution in [0.2, 0.25) is 0 Å². The van der Waals surface area contributed by atoms with Crippen molar-refractivity contribution in [2.24, 2.45) is 5.41 Å². The Labute approximate surface area is 165 Å². The molecule has 3 heterocycles. The minimum atomic E-state index is -2.84. The predicted octanol–water partition coefficient (Wildman–Crippen LogP) is 2.18. The summed E-state index contributed by atoms with van der Waals surface area (Å²) in [5.74, 6) is -3.04. The fraction of sp³-hybridized carbons (Fsp3) is 0.667.